The highest BCUT2D eigenvalue weighted by molar-refractivity contribution is 7.47. The Balaban J connectivity index is 3.71. The van der Waals surface area contributed by atoms with Crippen molar-refractivity contribution in [2.45, 2.75) is 142 Å². The standard InChI is InChI=1S/C36H64NO8P/c1-3-5-7-9-11-13-15-17-19-21-23-25-27-29-36(40)43-32-34(38)33-45-46(41,42)44-31-30-37-35(39)28-26-24-22-20-18-16-14-12-10-8-6-4-2/h5,7,11-14,17,19,34,38H,3-4,6,8-10,15-16,18,20-33H2,1-2H3,(H,37,39)(H,41,42)/b7-5-,13-11-,14-12-,19-17-. The van der Waals surface area contributed by atoms with Crippen molar-refractivity contribution in [2.24, 2.45) is 0 Å². The number of amides is 1. The zero-order chi connectivity index (χ0) is 34.0. The van der Waals surface area contributed by atoms with Gasteiger partial charge in [0.2, 0.25) is 5.91 Å². The summed E-state index contributed by atoms with van der Waals surface area (Å²) < 4.78 is 26.7. The number of carbonyl (C=O) groups excluding carboxylic acids is 2. The Kier molecular flexibility index (Phi) is 31.4. The van der Waals surface area contributed by atoms with E-state index in [0.717, 1.165) is 70.6 Å². The number of unbranched alkanes of at least 4 members (excludes halogenated alkanes) is 11. The van der Waals surface area contributed by atoms with E-state index in [-0.39, 0.29) is 32.1 Å². The van der Waals surface area contributed by atoms with E-state index in [4.69, 9.17) is 13.8 Å². The summed E-state index contributed by atoms with van der Waals surface area (Å²) in [4.78, 5) is 33.6. The van der Waals surface area contributed by atoms with Crippen molar-refractivity contribution in [1.82, 2.24) is 5.32 Å². The van der Waals surface area contributed by atoms with Gasteiger partial charge in [0.25, 0.3) is 0 Å². The first-order valence-corrected chi connectivity index (χ1v) is 19.1. The van der Waals surface area contributed by atoms with Crippen molar-refractivity contribution in [3.63, 3.8) is 0 Å². The van der Waals surface area contributed by atoms with Gasteiger partial charge in [-0.25, -0.2) is 4.57 Å². The first-order valence-electron chi connectivity index (χ1n) is 17.6. The highest BCUT2D eigenvalue weighted by Crippen LogP contribution is 2.42. The summed E-state index contributed by atoms with van der Waals surface area (Å²) in [5.41, 5.74) is 0. The lowest BCUT2D eigenvalue weighted by Gasteiger charge is -2.15. The van der Waals surface area contributed by atoms with Crippen LogP contribution in [0.2, 0.25) is 0 Å². The summed E-state index contributed by atoms with van der Waals surface area (Å²) in [7, 11) is -4.42. The maximum Gasteiger partial charge on any atom is 0.472 e. The van der Waals surface area contributed by atoms with Gasteiger partial charge in [0.1, 0.15) is 12.7 Å². The Labute approximate surface area is 279 Å². The normalized spacial score (nSPS) is 14.1. The molecule has 0 aliphatic heterocycles. The van der Waals surface area contributed by atoms with E-state index < -0.39 is 26.5 Å². The van der Waals surface area contributed by atoms with Crippen LogP contribution in [0.15, 0.2) is 48.6 Å². The summed E-state index contributed by atoms with van der Waals surface area (Å²) in [5, 5.41) is 12.6. The molecule has 2 unspecified atom stereocenters. The quantitative estimate of drug-likeness (QED) is 0.0280. The molecule has 0 saturated carbocycles. The van der Waals surface area contributed by atoms with Gasteiger partial charge in [-0.15, -0.1) is 0 Å². The van der Waals surface area contributed by atoms with Gasteiger partial charge in [-0.3, -0.25) is 18.6 Å². The van der Waals surface area contributed by atoms with Crippen molar-refractivity contribution in [2.75, 3.05) is 26.4 Å². The first kappa shape index (κ1) is 44.0. The average Bonchev–Trinajstić information content (AvgIpc) is 3.04. The molecule has 2 atom stereocenters. The number of ether oxygens (including phenoxy) is 1. The predicted molar refractivity (Wildman–Crippen MR) is 187 cm³/mol. The van der Waals surface area contributed by atoms with Crippen LogP contribution in [0, 0.1) is 0 Å². The number of carbonyl (C=O) groups is 2. The number of rotatable bonds is 32. The van der Waals surface area contributed by atoms with Crippen LogP contribution in [-0.2, 0) is 27.9 Å². The molecule has 0 heterocycles. The molecule has 0 aromatic carbocycles. The largest absolute Gasteiger partial charge is 0.472 e. The lowest BCUT2D eigenvalue weighted by atomic mass is 10.1. The number of esters is 1. The zero-order valence-electron chi connectivity index (χ0n) is 28.8. The number of hydrogen-bond donors (Lipinski definition) is 3. The molecule has 0 aromatic rings. The Morgan fingerprint density at radius 3 is 1.91 bits per heavy atom. The van der Waals surface area contributed by atoms with E-state index in [1.807, 2.05) is 0 Å². The SMILES string of the molecule is CC/C=C\C/C=C\C/C=C\CCCCCC(=O)OCC(O)COP(=O)(O)OCCNC(=O)CCCCCCC/C=C\CCCCC. The van der Waals surface area contributed by atoms with E-state index in [2.05, 4.69) is 67.8 Å². The molecule has 10 heteroatoms. The number of aliphatic hydroxyl groups is 1. The molecule has 266 valence electrons. The Morgan fingerprint density at radius 2 is 1.24 bits per heavy atom. The third kappa shape index (κ3) is 33.3. The van der Waals surface area contributed by atoms with Crippen LogP contribution >= 0.6 is 7.82 Å². The molecule has 3 N–H and O–H groups in total. The Bertz CT molecular complexity index is 902. The fourth-order valence-electron chi connectivity index (χ4n) is 4.33. The zero-order valence-corrected chi connectivity index (χ0v) is 29.6. The number of phosphoric acid groups is 1. The second kappa shape index (κ2) is 32.9. The average molecular weight is 670 g/mol. The van der Waals surface area contributed by atoms with E-state index in [1.54, 1.807) is 0 Å². The van der Waals surface area contributed by atoms with Gasteiger partial charge in [-0.1, -0.05) is 101 Å². The molecule has 9 nitrogen and oxygen atoms in total. The predicted octanol–water partition coefficient (Wildman–Crippen LogP) is 8.82. The number of phosphoric ester groups is 1. The van der Waals surface area contributed by atoms with E-state index >= 15 is 0 Å². The van der Waals surface area contributed by atoms with Gasteiger partial charge in [-0.05, 0) is 70.6 Å². The second-order valence-electron chi connectivity index (χ2n) is 11.5. The highest BCUT2D eigenvalue weighted by atomic mass is 31.2. The maximum absolute atomic E-state index is 12.0. The molecular formula is C36H64NO8P. The van der Waals surface area contributed by atoms with Gasteiger partial charge in [0.05, 0.1) is 13.2 Å². The Hall–Kier alpha value is -2.03. The van der Waals surface area contributed by atoms with Crippen LogP contribution in [-0.4, -0.2) is 54.3 Å². The molecule has 0 aliphatic rings. The fraction of sp³-hybridized carbons (Fsp3) is 0.722. The minimum Gasteiger partial charge on any atom is -0.463 e. The molecule has 0 rings (SSSR count). The van der Waals surface area contributed by atoms with Crippen LogP contribution < -0.4 is 5.32 Å². The molecule has 0 aromatic heterocycles. The minimum absolute atomic E-state index is 0.0718. The number of hydrogen-bond acceptors (Lipinski definition) is 7. The van der Waals surface area contributed by atoms with Crippen molar-refractivity contribution in [3.05, 3.63) is 48.6 Å². The maximum atomic E-state index is 12.0. The second-order valence-corrected chi connectivity index (χ2v) is 12.9. The van der Waals surface area contributed by atoms with Crippen molar-refractivity contribution < 1.29 is 37.9 Å². The molecule has 0 bridgehead atoms. The van der Waals surface area contributed by atoms with Gasteiger partial charge in [-0.2, -0.15) is 0 Å². The molecule has 0 radical (unpaired) electrons. The third-order valence-corrected chi connectivity index (χ3v) is 7.98. The van der Waals surface area contributed by atoms with E-state index in [1.165, 1.54) is 32.1 Å². The molecule has 0 saturated heterocycles. The van der Waals surface area contributed by atoms with E-state index in [9.17, 15) is 24.2 Å². The Morgan fingerprint density at radius 1 is 0.696 bits per heavy atom. The van der Waals surface area contributed by atoms with Crippen molar-refractivity contribution in [1.29, 1.82) is 0 Å². The van der Waals surface area contributed by atoms with Gasteiger partial charge < -0.3 is 20.1 Å². The smallest absolute Gasteiger partial charge is 0.463 e. The number of nitrogens with one attached hydrogen (secondary N) is 1. The van der Waals surface area contributed by atoms with Crippen LogP contribution in [0.25, 0.3) is 0 Å². The van der Waals surface area contributed by atoms with Crippen molar-refractivity contribution >= 4 is 19.7 Å². The number of aliphatic hydroxyl groups excluding tert-OH is 1. The van der Waals surface area contributed by atoms with Crippen LogP contribution in [0.5, 0.6) is 0 Å². The summed E-state index contributed by atoms with van der Waals surface area (Å²) in [5.74, 6) is -0.562. The minimum atomic E-state index is -4.42. The molecule has 0 spiro atoms. The van der Waals surface area contributed by atoms with Crippen LogP contribution in [0.3, 0.4) is 0 Å². The highest BCUT2D eigenvalue weighted by Gasteiger charge is 2.23. The molecule has 1 amide bonds. The summed E-state index contributed by atoms with van der Waals surface area (Å²) >= 11 is 0. The summed E-state index contributed by atoms with van der Waals surface area (Å²) in [6.45, 7) is 3.33. The van der Waals surface area contributed by atoms with E-state index in [0.29, 0.717) is 12.8 Å². The fourth-order valence-corrected chi connectivity index (χ4v) is 5.08. The van der Waals surface area contributed by atoms with Crippen LogP contribution in [0.1, 0.15) is 136 Å². The summed E-state index contributed by atoms with van der Waals surface area (Å²) in [6.07, 6.45) is 34.7. The monoisotopic (exact) mass is 669 g/mol. The van der Waals surface area contributed by atoms with Gasteiger partial charge >= 0.3 is 13.8 Å². The van der Waals surface area contributed by atoms with Crippen molar-refractivity contribution in [3.8, 4) is 0 Å². The summed E-state index contributed by atoms with van der Waals surface area (Å²) in [6, 6.07) is 0. The van der Waals surface area contributed by atoms with Gasteiger partial charge in [0, 0.05) is 19.4 Å². The molecule has 46 heavy (non-hydrogen) atoms. The van der Waals surface area contributed by atoms with Gasteiger partial charge in [0.15, 0.2) is 0 Å². The molecule has 0 aliphatic carbocycles. The number of allylic oxidation sites excluding steroid dienone is 8. The third-order valence-electron chi connectivity index (χ3n) is 6.99. The first-order chi connectivity index (χ1) is 22.3. The lowest BCUT2D eigenvalue weighted by molar-refractivity contribution is -0.147. The topological polar surface area (TPSA) is 131 Å². The molecule has 0 fully saturated rings. The molecular weight excluding hydrogens is 605 g/mol. The lowest BCUT2D eigenvalue weighted by Crippen LogP contribution is -2.27. The van der Waals surface area contributed by atoms with Crippen LogP contribution in [0.4, 0.5) is 0 Å².